The number of morpholine rings is 1. The Morgan fingerprint density at radius 1 is 1.80 bits per heavy atom. The molecule has 2 rings (SSSR count). The number of hydrogen-bond acceptors (Lipinski definition) is 4. The number of nitrogens with zero attached hydrogens (tertiary/aromatic N) is 2. The smallest absolute Gasteiger partial charge is 0.159 e. The third kappa shape index (κ3) is 2.43. The SMILES string of the molecule is Cn1ccnc1CC(=O)C1COCCN1. The quantitative estimate of drug-likeness (QED) is 0.730. The molecular formula is C10H15N3O2. The Kier molecular flexibility index (Phi) is 3.13. The van der Waals surface area contributed by atoms with E-state index in [9.17, 15) is 4.79 Å². The van der Waals surface area contributed by atoms with Gasteiger partial charge in [0, 0.05) is 26.0 Å². The van der Waals surface area contributed by atoms with Crippen molar-refractivity contribution in [2.45, 2.75) is 12.5 Å². The highest BCUT2D eigenvalue weighted by atomic mass is 16.5. The molecule has 0 aromatic carbocycles. The number of imidazole rings is 1. The summed E-state index contributed by atoms with van der Waals surface area (Å²) in [4.78, 5) is 15.9. The van der Waals surface area contributed by atoms with Crippen LogP contribution in [0.1, 0.15) is 5.82 Å². The first kappa shape index (κ1) is 10.3. The molecule has 5 nitrogen and oxygen atoms in total. The molecule has 1 saturated heterocycles. The second-order valence-corrected chi connectivity index (χ2v) is 3.68. The lowest BCUT2D eigenvalue weighted by Crippen LogP contribution is -2.47. The number of hydrogen-bond donors (Lipinski definition) is 1. The fraction of sp³-hybridized carbons (Fsp3) is 0.600. The zero-order valence-electron chi connectivity index (χ0n) is 8.77. The summed E-state index contributed by atoms with van der Waals surface area (Å²) in [5.41, 5.74) is 0. The Morgan fingerprint density at radius 2 is 2.67 bits per heavy atom. The summed E-state index contributed by atoms with van der Waals surface area (Å²) in [6.07, 6.45) is 3.91. The number of rotatable bonds is 3. The van der Waals surface area contributed by atoms with Crippen LogP contribution in [0.2, 0.25) is 0 Å². The Bertz CT molecular complexity index is 342. The van der Waals surface area contributed by atoms with Gasteiger partial charge in [-0.15, -0.1) is 0 Å². The van der Waals surface area contributed by atoms with E-state index in [0.29, 0.717) is 19.6 Å². The van der Waals surface area contributed by atoms with E-state index in [-0.39, 0.29) is 11.8 Å². The summed E-state index contributed by atoms with van der Waals surface area (Å²) in [5, 5.41) is 3.14. The van der Waals surface area contributed by atoms with Crippen LogP contribution >= 0.6 is 0 Å². The van der Waals surface area contributed by atoms with Gasteiger partial charge in [0.15, 0.2) is 5.78 Å². The number of aromatic nitrogens is 2. The number of carbonyl (C=O) groups is 1. The zero-order chi connectivity index (χ0) is 10.7. The molecule has 15 heavy (non-hydrogen) atoms. The lowest BCUT2D eigenvalue weighted by Gasteiger charge is -2.22. The van der Waals surface area contributed by atoms with Gasteiger partial charge in [0.25, 0.3) is 0 Å². The Balaban J connectivity index is 1.94. The van der Waals surface area contributed by atoms with E-state index in [1.54, 1.807) is 6.20 Å². The maximum Gasteiger partial charge on any atom is 0.159 e. The van der Waals surface area contributed by atoms with Gasteiger partial charge in [-0.1, -0.05) is 0 Å². The maximum atomic E-state index is 11.8. The van der Waals surface area contributed by atoms with Crippen molar-refractivity contribution in [1.82, 2.24) is 14.9 Å². The summed E-state index contributed by atoms with van der Waals surface area (Å²) < 4.78 is 7.10. The van der Waals surface area contributed by atoms with Crippen molar-refractivity contribution in [2.75, 3.05) is 19.8 Å². The zero-order valence-corrected chi connectivity index (χ0v) is 8.77. The van der Waals surface area contributed by atoms with Gasteiger partial charge in [-0.2, -0.15) is 0 Å². The van der Waals surface area contributed by atoms with E-state index in [2.05, 4.69) is 10.3 Å². The van der Waals surface area contributed by atoms with Crippen molar-refractivity contribution in [1.29, 1.82) is 0 Å². The predicted octanol–water partition coefficient (Wildman–Crippen LogP) is -0.480. The molecule has 1 aliphatic rings. The third-order valence-electron chi connectivity index (χ3n) is 2.56. The van der Waals surface area contributed by atoms with E-state index in [0.717, 1.165) is 12.4 Å². The minimum atomic E-state index is -0.171. The highest BCUT2D eigenvalue weighted by Gasteiger charge is 2.22. The monoisotopic (exact) mass is 209 g/mol. The van der Waals surface area contributed by atoms with Gasteiger partial charge >= 0.3 is 0 Å². The molecule has 5 heteroatoms. The summed E-state index contributed by atoms with van der Waals surface area (Å²) in [6.45, 7) is 1.91. The van der Waals surface area contributed by atoms with Crippen molar-refractivity contribution < 1.29 is 9.53 Å². The van der Waals surface area contributed by atoms with Crippen molar-refractivity contribution in [3.8, 4) is 0 Å². The molecule has 1 aliphatic heterocycles. The van der Waals surface area contributed by atoms with Crippen LogP contribution < -0.4 is 5.32 Å². The first-order valence-electron chi connectivity index (χ1n) is 5.07. The molecule has 0 spiro atoms. The van der Waals surface area contributed by atoms with Gasteiger partial charge in [-0.05, 0) is 0 Å². The fourth-order valence-electron chi connectivity index (χ4n) is 1.62. The molecule has 1 aromatic heterocycles. The van der Waals surface area contributed by atoms with Crippen molar-refractivity contribution in [3.05, 3.63) is 18.2 Å². The van der Waals surface area contributed by atoms with Crippen LogP contribution in [-0.2, 0) is 23.0 Å². The number of Topliss-reactive ketones (excluding diaryl/α,β-unsaturated/α-hetero) is 1. The molecule has 0 radical (unpaired) electrons. The highest BCUT2D eigenvalue weighted by molar-refractivity contribution is 5.85. The van der Waals surface area contributed by atoms with Gasteiger partial charge < -0.3 is 14.6 Å². The summed E-state index contributed by atoms with van der Waals surface area (Å²) in [5.74, 6) is 0.941. The fourth-order valence-corrected chi connectivity index (χ4v) is 1.62. The molecule has 1 atom stereocenters. The number of ketones is 1. The highest BCUT2D eigenvalue weighted by Crippen LogP contribution is 2.01. The maximum absolute atomic E-state index is 11.8. The molecule has 1 N–H and O–H groups in total. The van der Waals surface area contributed by atoms with Gasteiger partial charge in [0.2, 0.25) is 0 Å². The molecule has 2 heterocycles. The summed E-state index contributed by atoms with van der Waals surface area (Å²) in [6, 6.07) is -0.171. The van der Waals surface area contributed by atoms with Gasteiger partial charge in [-0.3, -0.25) is 4.79 Å². The van der Waals surface area contributed by atoms with Gasteiger partial charge in [0.1, 0.15) is 5.82 Å². The van der Waals surface area contributed by atoms with Gasteiger partial charge in [-0.25, -0.2) is 4.98 Å². The average Bonchev–Trinajstić information content (AvgIpc) is 2.66. The van der Waals surface area contributed by atoms with Crippen molar-refractivity contribution >= 4 is 5.78 Å². The molecular weight excluding hydrogens is 194 g/mol. The van der Waals surface area contributed by atoms with Gasteiger partial charge in [0.05, 0.1) is 25.7 Å². The second-order valence-electron chi connectivity index (χ2n) is 3.68. The molecule has 1 fully saturated rings. The van der Waals surface area contributed by atoms with Crippen molar-refractivity contribution in [2.24, 2.45) is 7.05 Å². The number of nitrogens with one attached hydrogen (secondary N) is 1. The second kappa shape index (κ2) is 4.55. The third-order valence-corrected chi connectivity index (χ3v) is 2.56. The number of carbonyl (C=O) groups excluding carboxylic acids is 1. The Morgan fingerprint density at radius 3 is 3.27 bits per heavy atom. The van der Waals surface area contributed by atoms with E-state index in [4.69, 9.17) is 4.74 Å². The molecule has 0 amide bonds. The summed E-state index contributed by atoms with van der Waals surface area (Å²) >= 11 is 0. The first-order chi connectivity index (χ1) is 7.27. The predicted molar refractivity (Wildman–Crippen MR) is 54.5 cm³/mol. The number of ether oxygens (including phenoxy) is 1. The minimum absolute atomic E-state index is 0.143. The largest absolute Gasteiger partial charge is 0.378 e. The van der Waals surface area contributed by atoms with Crippen LogP contribution in [0.15, 0.2) is 12.4 Å². The molecule has 1 unspecified atom stereocenters. The molecule has 0 bridgehead atoms. The van der Waals surface area contributed by atoms with Crippen LogP contribution in [0.5, 0.6) is 0 Å². The van der Waals surface area contributed by atoms with E-state index in [1.807, 2.05) is 17.8 Å². The standard InChI is InChI=1S/C10H15N3O2/c1-13-4-2-12-10(13)6-9(14)8-7-15-5-3-11-8/h2,4,8,11H,3,5-7H2,1H3. The molecule has 1 aromatic rings. The van der Waals surface area contributed by atoms with E-state index in [1.165, 1.54) is 0 Å². The van der Waals surface area contributed by atoms with E-state index >= 15 is 0 Å². The van der Waals surface area contributed by atoms with Crippen LogP contribution in [0.3, 0.4) is 0 Å². The van der Waals surface area contributed by atoms with Crippen LogP contribution in [0, 0.1) is 0 Å². The van der Waals surface area contributed by atoms with Crippen LogP contribution in [-0.4, -0.2) is 41.1 Å². The molecule has 82 valence electrons. The summed E-state index contributed by atoms with van der Waals surface area (Å²) in [7, 11) is 1.89. The van der Waals surface area contributed by atoms with Crippen LogP contribution in [0.4, 0.5) is 0 Å². The van der Waals surface area contributed by atoms with Crippen molar-refractivity contribution in [3.63, 3.8) is 0 Å². The molecule has 0 saturated carbocycles. The minimum Gasteiger partial charge on any atom is -0.378 e. The normalized spacial score (nSPS) is 21.5. The number of aryl methyl sites for hydroxylation is 1. The average molecular weight is 209 g/mol. The Labute approximate surface area is 88.4 Å². The van der Waals surface area contributed by atoms with E-state index < -0.39 is 0 Å². The first-order valence-corrected chi connectivity index (χ1v) is 5.07. The topological polar surface area (TPSA) is 56.2 Å². The lowest BCUT2D eigenvalue weighted by atomic mass is 10.1. The van der Waals surface area contributed by atoms with Crippen LogP contribution in [0.25, 0.3) is 0 Å². The Hall–Kier alpha value is -1.20. The molecule has 0 aliphatic carbocycles. The lowest BCUT2D eigenvalue weighted by molar-refractivity contribution is -0.123.